The van der Waals surface area contributed by atoms with E-state index in [-0.39, 0.29) is 0 Å². The van der Waals surface area contributed by atoms with Gasteiger partial charge in [0.25, 0.3) is 0 Å². The number of aryl methyl sites for hydroxylation is 2. The monoisotopic (exact) mass is 318 g/mol. The van der Waals surface area contributed by atoms with Crippen molar-refractivity contribution in [3.63, 3.8) is 0 Å². The molecule has 0 fully saturated rings. The van der Waals surface area contributed by atoms with Crippen LogP contribution in [0, 0.1) is 0 Å². The molecule has 0 saturated heterocycles. The minimum absolute atomic E-state index is 0.600. The van der Waals surface area contributed by atoms with Gasteiger partial charge in [0, 0.05) is 0 Å². The van der Waals surface area contributed by atoms with Crippen LogP contribution in [0.5, 0.6) is 11.5 Å². The van der Waals surface area contributed by atoms with Crippen molar-refractivity contribution >= 4 is 0 Å². The van der Waals surface area contributed by atoms with Gasteiger partial charge in [0.15, 0.2) is 0 Å². The Labute approximate surface area is 143 Å². The SMILES string of the molecule is COc1ccc(CCc2cccc(OCc3ccccc3)c2)cc1. The average Bonchev–Trinajstić information content (AvgIpc) is 2.66. The van der Waals surface area contributed by atoms with E-state index in [9.17, 15) is 0 Å². The van der Waals surface area contributed by atoms with E-state index in [1.54, 1.807) is 7.11 Å². The quantitative estimate of drug-likeness (QED) is 0.606. The molecule has 0 saturated carbocycles. The molecule has 2 nitrogen and oxygen atoms in total. The number of methoxy groups -OCH3 is 1. The molecule has 3 aromatic carbocycles. The highest BCUT2D eigenvalue weighted by molar-refractivity contribution is 5.31. The van der Waals surface area contributed by atoms with Crippen LogP contribution in [0.2, 0.25) is 0 Å². The van der Waals surface area contributed by atoms with E-state index in [1.165, 1.54) is 16.7 Å². The lowest BCUT2D eigenvalue weighted by Crippen LogP contribution is -1.96. The van der Waals surface area contributed by atoms with Crippen molar-refractivity contribution in [1.82, 2.24) is 0 Å². The molecular formula is C22H22O2. The summed E-state index contributed by atoms with van der Waals surface area (Å²) in [6.07, 6.45) is 2.00. The molecule has 0 unspecified atom stereocenters. The molecule has 0 aliphatic carbocycles. The Hall–Kier alpha value is -2.74. The summed E-state index contributed by atoms with van der Waals surface area (Å²) in [7, 11) is 1.69. The first-order chi connectivity index (χ1) is 11.8. The molecule has 3 aromatic rings. The van der Waals surface area contributed by atoms with Gasteiger partial charge in [-0.3, -0.25) is 0 Å². The third-order valence-corrected chi connectivity index (χ3v) is 4.01. The summed E-state index contributed by atoms with van der Waals surface area (Å²) in [5.74, 6) is 1.82. The number of rotatable bonds is 7. The third-order valence-electron chi connectivity index (χ3n) is 4.01. The van der Waals surface area contributed by atoms with E-state index in [4.69, 9.17) is 9.47 Å². The second-order valence-corrected chi connectivity index (χ2v) is 5.77. The largest absolute Gasteiger partial charge is 0.497 e. The van der Waals surface area contributed by atoms with E-state index < -0.39 is 0 Å². The van der Waals surface area contributed by atoms with Crippen LogP contribution < -0.4 is 9.47 Å². The minimum Gasteiger partial charge on any atom is -0.497 e. The zero-order valence-electron chi connectivity index (χ0n) is 13.9. The molecule has 0 heterocycles. The summed E-state index contributed by atoms with van der Waals surface area (Å²) in [5, 5.41) is 0. The standard InChI is InChI=1S/C22H22O2/c1-23-21-14-12-18(13-15-21)10-11-19-8-5-9-22(16-19)24-17-20-6-3-2-4-7-20/h2-9,12-16H,10-11,17H2,1H3. The van der Waals surface area contributed by atoms with Crippen LogP contribution in [0.25, 0.3) is 0 Å². The van der Waals surface area contributed by atoms with E-state index >= 15 is 0 Å². The summed E-state index contributed by atoms with van der Waals surface area (Å²) < 4.78 is 11.1. The van der Waals surface area contributed by atoms with Crippen molar-refractivity contribution in [1.29, 1.82) is 0 Å². The Morgan fingerprint density at radius 3 is 2.08 bits per heavy atom. The summed E-state index contributed by atoms with van der Waals surface area (Å²) in [6.45, 7) is 0.600. The highest BCUT2D eigenvalue weighted by atomic mass is 16.5. The van der Waals surface area contributed by atoms with Gasteiger partial charge in [-0.05, 0) is 53.8 Å². The van der Waals surface area contributed by atoms with Gasteiger partial charge in [0.1, 0.15) is 18.1 Å². The molecule has 122 valence electrons. The van der Waals surface area contributed by atoms with Crippen molar-refractivity contribution in [2.75, 3.05) is 7.11 Å². The molecule has 0 atom stereocenters. The fourth-order valence-electron chi connectivity index (χ4n) is 2.61. The predicted molar refractivity (Wildman–Crippen MR) is 97.6 cm³/mol. The number of ether oxygens (including phenoxy) is 2. The van der Waals surface area contributed by atoms with E-state index in [0.717, 1.165) is 24.3 Å². The molecule has 0 N–H and O–H groups in total. The lowest BCUT2D eigenvalue weighted by atomic mass is 10.0. The average molecular weight is 318 g/mol. The molecule has 0 aliphatic heterocycles. The molecule has 0 spiro atoms. The van der Waals surface area contributed by atoms with Crippen molar-refractivity contribution in [2.45, 2.75) is 19.4 Å². The van der Waals surface area contributed by atoms with Gasteiger partial charge in [-0.15, -0.1) is 0 Å². The number of hydrogen-bond donors (Lipinski definition) is 0. The Bertz CT molecular complexity index is 748. The first-order valence-electron chi connectivity index (χ1n) is 8.22. The van der Waals surface area contributed by atoms with Gasteiger partial charge in [-0.1, -0.05) is 54.6 Å². The van der Waals surface area contributed by atoms with Crippen LogP contribution in [0.3, 0.4) is 0 Å². The number of hydrogen-bond acceptors (Lipinski definition) is 2. The molecular weight excluding hydrogens is 296 g/mol. The molecule has 24 heavy (non-hydrogen) atoms. The van der Waals surface area contributed by atoms with Gasteiger partial charge >= 0.3 is 0 Å². The lowest BCUT2D eigenvalue weighted by Gasteiger charge is -2.09. The normalized spacial score (nSPS) is 10.4. The fraction of sp³-hybridized carbons (Fsp3) is 0.182. The first kappa shape index (κ1) is 16.1. The maximum absolute atomic E-state index is 5.90. The summed E-state index contributed by atoms with van der Waals surface area (Å²) in [5.41, 5.74) is 3.78. The Morgan fingerprint density at radius 2 is 1.33 bits per heavy atom. The summed E-state index contributed by atoms with van der Waals surface area (Å²) in [6, 6.07) is 26.8. The van der Waals surface area contributed by atoms with Crippen LogP contribution in [-0.2, 0) is 19.4 Å². The topological polar surface area (TPSA) is 18.5 Å². The van der Waals surface area contributed by atoms with Crippen LogP contribution in [0.4, 0.5) is 0 Å². The van der Waals surface area contributed by atoms with Gasteiger partial charge < -0.3 is 9.47 Å². The van der Waals surface area contributed by atoms with Crippen molar-refractivity contribution in [3.05, 3.63) is 95.6 Å². The maximum atomic E-state index is 5.90. The van der Waals surface area contributed by atoms with Gasteiger partial charge in [0.05, 0.1) is 7.11 Å². The predicted octanol–water partition coefficient (Wildman–Crippen LogP) is 5.06. The van der Waals surface area contributed by atoms with Gasteiger partial charge in [0.2, 0.25) is 0 Å². The van der Waals surface area contributed by atoms with Gasteiger partial charge in [-0.2, -0.15) is 0 Å². The summed E-state index contributed by atoms with van der Waals surface area (Å²) >= 11 is 0. The zero-order chi connectivity index (χ0) is 16.6. The molecule has 3 rings (SSSR count). The Balaban J connectivity index is 1.56. The van der Waals surface area contributed by atoms with Crippen LogP contribution in [-0.4, -0.2) is 7.11 Å². The molecule has 0 aliphatic rings. The molecule has 2 heteroatoms. The highest BCUT2D eigenvalue weighted by Gasteiger charge is 2.00. The van der Waals surface area contributed by atoms with Crippen molar-refractivity contribution in [2.24, 2.45) is 0 Å². The van der Waals surface area contributed by atoms with E-state index in [1.807, 2.05) is 36.4 Å². The molecule has 0 amide bonds. The van der Waals surface area contributed by atoms with Crippen LogP contribution in [0.1, 0.15) is 16.7 Å². The van der Waals surface area contributed by atoms with Crippen molar-refractivity contribution in [3.8, 4) is 11.5 Å². The molecule has 0 radical (unpaired) electrons. The Morgan fingerprint density at radius 1 is 0.625 bits per heavy atom. The zero-order valence-corrected chi connectivity index (χ0v) is 13.9. The van der Waals surface area contributed by atoms with Gasteiger partial charge in [-0.25, -0.2) is 0 Å². The highest BCUT2D eigenvalue weighted by Crippen LogP contribution is 2.18. The maximum Gasteiger partial charge on any atom is 0.120 e. The van der Waals surface area contributed by atoms with E-state index in [2.05, 4.69) is 42.5 Å². The summed E-state index contributed by atoms with van der Waals surface area (Å²) in [4.78, 5) is 0. The number of benzene rings is 3. The second kappa shape index (κ2) is 8.21. The van der Waals surface area contributed by atoms with E-state index in [0.29, 0.717) is 6.61 Å². The van der Waals surface area contributed by atoms with Crippen molar-refractivity contribution < 1.29 is 9.47 Å². The molecule has 0 bridgehead atoms. The second-order valence-electron chi connectivity index (χ2n) is 5.77. The Kier molecular flexibility index (Phi) is 5.52. The first-order valence-corrected chi connectivity index (χ1v) is 8.22. The smallest absolute Gasteiger partial charge is 0.120 e. The third kappa shape index (κ3) is 4.63. The molecule has 0 aromatic heterocycles. The lowest BCUT2D eigenvalue weighted by molar-refractivity contribution is 0.306. The van der Waals surface area contributed by atoms with Crippen LogP contribution in [0.15, 0.2) is 78.9 Å². The minimum atomic E-state index is 0.600. The van der Waals surface area contributed by atoms with Crippen LogP contribution >= 0.6 is 0 Å². The fourth-order valence-corrected chi connectivity index (χ4v) is 2.61.